The van der Waals surface area contributed by atoms with Crippen LogP contribution in [0.15, 0.2) is 11.4 Å². The zero-order chi connectivity index (χ0) is 11.4. The summed E-state index contributed by atoms with van der Waals surface area (Å²) < 4.78 is 0. The Kier molecular flexibility index (Phi) is 4.63. The fraction of sp³-hybridized carbons (Fsp3) is 0.500. The van der Waals surface area contributed by atoms with Crippen molar-refractivity contribution in [3.63, 3.8) is 0 Å². The van der Waals surface area contributed by atoms with Crippen LogP contribution in [0.1, 0.15) is 29.1 Å². The van der Waals surface area contributed by atoms with Crippen molar-refractivity contribution in [3.05, 3.63) is 21.9 Å². The summed E-state index contributed by atoms with van der Waals surface area (Å²) in [6, 6.07) is 1.83. The molecule has 1 aromatic heterocycles. The first-order valence-corrected chi connectivity index (χ1v) is 6.54. The molecule has 2 N–H and O–H groups in total. The number of aliphatic hydroxyl groups excluding tert-OH is 1. The predicted molar refractivity (Wildman–Crippen MR) is 63.7 cm³/mol. The van der Waals surface area contributed by atoms with Crippen LogP contribution >= 0.6 is 23.1 Å². The van der Waals surface area contributed by atoms with Crippen molar-refractivity contribution >= 4 is 29.1 Å². The van der Waals surface area contributed by atoms with Gasteiger partial charge in [-0.2, -0.15) is 11.8 Å². The topological polar surface area (TPSA) is 57.5 Å². The maximum Gasteiger partial charge on any atom is 0.346 e. The summed E-state index contributed by atoms with van der Waals surface area (Å²) in [7, 11) is 0. The number of carboxylic acids is 1. The molecular weight excluding hydrogens is 232 g/mol. The molecule has 0 bridgehead atoms. The molecular formula is C10H14O3S2. The molecule has 15 heavy (non-hydrogen) atoms. The molecule has 3 nitrogen and oxygen atoms in total. The summed E-state index contributed by atoms with van der Waals surface area (Å²) >= 11 is 2.81. The van der Waals surface area contributed by atoms with Crippen LogP contribution in [0.25, 0.3) is 0 Å². The molecule has 0 radical (unpaired) electrons. The second-order valence-electron chi connectivity index (χ2n) is 3.34. The summed E-state index contributed by atoms with van der Waals surface area (Å²) in [5.41, 5.74) is 0.838. The van der Waals surface area contributed by atoms with E-state index in [0.717, 1.165) is 5.56 Å². The third-order valence-electron chi connectivity index (χ3n) is 2.12. The summed E-state index contributed by atoms with van der Waals surface area (Å²) in [5, 5.41) is 20.1. The highest BCUT2D eigenvalue weighted by Gasteiger charge is 2.14. The van der Waals surface area contributed by atoms with Crippen molar-refractivity contribution in [2.45, 2.75) is 31.0 Å². The molecule has 1 heterocycles. The standard InChI is InChI=1S/C10H14O3S2/c1-6(11)7(2)15-5-8-3-4-14-9(8)10(12)13/h3-4,6-7,11H,5H2,1-2H3,(H,12,13). The van der Waals surface area contributed by atoms with Crippen LogP contribution in [0.3, 0.4) is 0 Å². The Morgan fingerprint density at radius 3 is 2.80 bits per heavy atom. The first kappa shape index (κ1) is 12.5. The monoisotopic (exact) mass is 246 g/mol. The van der Waals surface area contributed by atoms with E-state index in [1.807, 2.05) is 13.0 Å². The third-order valence-corrected chi connectivity index (χ3v) is 4.46. The molecule has 0 saturated carbocycles. The fourth-order valence-electron chi connectivity index (χ4n) is 0.997. The van der Waals surface area contributed by atoms with Crippen molar-refractivity contribution in [1.29, 1.82) is 0 Å². The number of carboxylic acid groups (broad SMARTS) is 1. The molecule has 2 atom stereocenters. The highest BCUT2D eigenvalue weighted by Crippen LogP contribution is 2.25. The average molecular weight is 246 g/mol. The minimum Gasteiger partial charge on any atom is -0.477 e. The summed E-state index contributed by atoms with van der Waals surface area (Å²) in [4.78, 5) is 11.2. The fourth-order valence-corrected chi connectivity index (χ4v) is 2.81. The number of thiophene rings is 1. The number of aliphatic hydroxyl groups is 1. The van der Waals surface area contributed by atoms with Crippen molar-refractivity contribution in [3.8, 4) is 0 Å². The van der Waals surface area contributed by atoms with Crippen molar-refractivity contribution in [2.24, 2.45) is 0 Å². The van der Waals surface area contributed by atoms with Crippen LogP contribution in [-0.4, -0.2) is 27.5 Å². The molecule has 0 aliphatic heterocycles. The number of hydrogen-bond donors (Lipinski definition) is 2. The Labute approximate surface area is 97.1 Å². The number of rotatable bonds is 5. The molecule has 1 rings (SSSR count). The second-order valence-corrected chi connectivity index (χ2v) is 5.62. The van der Waals surface area contributed by atoms with Gasteiger partial charge in [0.15, 0.2) is 0 Å². The molecule has 0 amide bonds. The van der Waals surface area contributed by atoms with E-state index in [-0.39, 0.29) is 11.4 Å². The third kappa shape index (κ3) is 3.52. The van der Waals surface area contributed by atoms with E-state index in [1.165, 1.54) is 11.3 Å². The van der Waals surface area contributed by atoms with Crippen LogP contribution in [0, 0.1) is 0 Å². The quantitative estimate of drug-likeness (QED) is 0.838. The highest BCUT2D eigenvalue weighted by atomic mass is 32.2. The van der Waals surface area contributed by atoms with Crippen LogP contribution in [0.5, 0.6) is 0 Å². The molecule has 5 heteroatoms. The second kappa shape index (κ2) is 5.53. The van der Waals surface area contributed by atoms with Crippen molar-refractivity contribution in [1.82, 2.24) is 0 Å². The normalized spacial score (nSPS) is 14.9. The molecule has 0 fully saturated rings. The van der Waals surface area contributed by atoms with E-state index in [2.05, 4.69) is 0 Å². The predicted octanol–water partition coefficient (Wildman–Crippen LogP) is 2.45. The number of thioether (sulfide) groups is 1. The lowest BCUT2D eigenvalue weighted by Crippen LogP contribution is -2.15. The first-order valence-electron chi connectivity index (χ1n) is 4.61. The minimum absolute atomic E-state index is 0.117. The van der Waals surface area contributed by atoms with Gasteiger partial charge in [-0.25, -0.2) is 4.79 Å². The minimum atomic E-state index is -0.870. The van der Waals surface area contributed by atoms with E-state index in [0.29, 0.717) is 10.6 Å². The van der Waals surface area contributed by atoms with Gasteiger partial charge in [-0.05, 0) is 23.9 Å². The Balaban J connectivity index is 2.58. The zero-order valence-corrected chi connectivity index (χ0v) is 10.3. The molecule has 0 aliphatic rings. The van der Waals surface area contributed by atoms with E-state index in [1.54, 1.807) is 24.1 Å². The SMILES string of the molecule is CC(O)C(C)SCc1ccsc1C(=O)O. The van der Waals surface area contributed by atoms with Gasteiger partial charge in [0, 0.05) is 11.0 Å². The number of hydrogen-bond acceptors (Lipinski definition) is 4. The van der Waals surface area contributed by atoms with Gasteiger partial charge in [-0.15, -0.1) is 11.3 Å². The molecule has 0 aromatic carbocycles. The molecule has 0 spiro atoms. The molecule has 2 unspecified atom stereocenters. The number of carbonyl (C=O) groups is 1. The summed E-state index contributed by atoms with van der Waals surface area (Å²) in [5.74, 6) is -0.234. The highest BCUT2D eigenvalue weighted by molar-refractivity contribution is 7.99. The Morgan fingerprint density at radius 2 is 2.27 bits per heavy atom. The lowest BCUT2D eigenvalue weighted by atomic mass is 10.3. The molecule has 0 saturated heterocycles. The van der Waals surface area contributed by atoms with Gasteiger partial charge in [-0.1, -0.05) is 6.92 Å². The van der Waals surface area contributed by atoms with Gasteiger partial charge in [-0.3, -0.25) is 0 Å². The van der Waals surface area contributed by atoms with Gasteiger partial charge in [0.2, 0.25) is 0 Å². The molecule has 84 valence electrons. The molecule has 1 aromatic rings. The van der Waals surface area contributed by atoms with E-state index >= 15 is 0 Å². The Hall–Kier alpha value is -0.520. The van der Waals surface area contributed by atoms with Crippen LogP contribution in [0.4, 0.5) is 0 Å². The van der Waals surface area contributed by atoms with Crippen LogP contribution < -0.4 is 0 Å². The summed E-state index contributed by atoms with van der Waals surface area (Å²) in [6.07, 6.45) is -0.373. The first-order chi connectivity index (χ1) is 7.02. The van der Waals surface area contributed by atoms with Crippen LogP contribution in [0.2, 0.25) is 0 Å². The smallest absolute Gasteiger partial charge is 0.346 e. The number of aromatic carboxylic acids is 1. The molecule has 0 aliphatic carbocycles. The lowest BCUT2D eigenvalue weighted by Gasteiger charge is -2.13. The average Bonchev–Trinajstić information content (AvgIpc) is 2.61. The maximum absolute atomic E-state index is 10.8. The van der Waals surface area contributed by atoms with Gasteiger partial charge < -0.3 is 10.2 Å². The summed E-state index contributed by atoms with van der Waals surface area (Å²) in [6.45, 7) is 3.67. The van der Waals surface area contributed by atoms with Gasteiger partial charge >= 0.3 is 5.97 Å². The largest absolute Gasteiger partial charge is 0.477 e. The van der Waals surface area contributed by atoms with Crippen molar-refractivity contribution in [2.75, 3.05) is 0 Å². The van der Waals surface area contributed by atoms with E-state index < -0.39 is 5.97 Å². The van der Waals surface area contributed by atoms with Gasteiger partial charge in [0.25, 0.3) is 0 Å². The lowest BCUT2D eigenvalue weighted by molar-refractivity contribution is 0.0701. The Morgan fingerprint density at radius 1 is 1.60 bits per heavy atom. The zero-order valence-electron chi connectivity index (χ0n) is 8.64. The van der Waals surface area contributed by atoms with Crippen molar-refractivity contribution < 1.29 is 15.0 Å². The van der Waals surface area contributed by atoms with Gasteiger partial charge in [0.05, 0.1) is 6.10 Å². The van der Waals surface area contributed by atoms with Gasteiger partial charge in [0.1, 0.15) is 4.88 Å². The Bertz CT molecular complexity index is 333. The van der Waals surface area contributed by atoms with Crippen LogP contribution in [-0.2, 0) is 5.75 Å². The van der Waals surface area contributed by atoms with E-state index in [4.69, 9.17) is 5.11 Å². The maximum atomic E-state index is 10.8. The van der Waals surface area contributed by atoms with E-state index in [9.17, 15) is 9.90 Å².